The van der Waals surface area contributed by atoms with Gasteiger partial charge in [-0.05, 0) is 27.7 Å². The summed E-state index contributed by atoms with van der Waals surface area (Å²) in [6.07, 6.45) is 1.41. The quantitative estimate of drug-likeness (QED) is 0.610. The van der Waals surface area contributed by atoms with Gasteiger partial charge in [0.05, 0.1) is 18.6 Å². The Morgan fingerprint density at radius 3 is 1.67 bits per heavy atom. The van der Waals surface area contributed by atoms with Crippen molar-refractivity contribution in [2.75, 3.05) is 0 Å². The van der Waals surface area contributed by atoms with Gasteiger partial charge in [-0.15, -0.1) is 6.58 Å². The molecule has 98 valence electrons. The molecule has 18 heavy (non-hydrogen) atoms. The van der Waals surface area contributed by atoms with Gasteiger partial charge in [0.15, 0.2) is 11.1 Å². The molecule has 0 aromatic rings. The van der Waals surface area contributed by atoms with Crippen molar-refractivity contribution in [2.45, 2.75) is 45.2 Å². The number of rotatable bonds is 4. The minimum absolute atomic E-state index is 0.0556. The number of carbonyl (C=O) groups is 1. The summed E-state index contributed by atoms with van der Waals surface area (Å²) in [5.74, 6) is -0.829. The van der Waals surface area contributed by atoms with E-state index in [0.717, 1.165) is 0 Å². The maximum Gasteiger partial charge on any atom is 0.307 e. The maximum absolute atomic E-state index is 9.53. The van der Waals surface area contributed by atoms with Gasteiger partial charge >= 0.3 is 5.97 Å². The number of azo groups is 1. The monoisotopic (exact) mass is 250 g/mol. The van der Waals surface area contributed by atoms with Crippen LogP contribution in [0.4, 0.5) is 0 Å². The van der Waals surface area contributed by atoms with Crippen LogP contribution in [0.2, 0.25) is 0 Å². The van der Waals surface area contributed by atoms with E-state index < -0.39 is 17.0 Å². The normalized spacial score (nSPS) is 10.8. The Morgan fingerprint density at radius 1 is 1.22 bits per heavy atom. The molecule has 0 aliphatic carbocycles. The van der Waals surface area contributed by atoms with Crippen molar-refractivity contribution < 1.29 is 9.90 Å². The molecule has 0 atom stereocenters. The molecule has 0 unspecified atom stereocenters. The number of carboxylic acids is 1. The summed E-state index contributed by atoms with van der Waals surface area (Å²) in [7, 11) is 0. The number of carboxylic acid groups (broad SMARTS) is 1. The number of nitriles is 2. The van der Waals surface area contributed by atoms with Crippen molar-refractivity contribution in [1.29, 1.82) is 10.5 Å². The van der Waals surface area contributed by atoms with E-state index in [1.807, 2.05) is 12.1 Å². The molecule has 0 amide bonds. The summed E-state index contributed by atoms with van der Waals surface area (Å²) >= 11 is 0. The van der Waals surface area contributed by atoms with E-state index in [1.54, 1.807) is 27.7 Å². The predicted molar refractivity (Wildman–Crippen MR) is 66.7 cm³/mol. The van der Waals surface area contributed by atoms with Crippen LogP contribution in [-0.2, 0) is 4.79 Å². The third kappa shape index (κ3) is 11.9. The zero-order chi connectivity index (χ0) is 14.8. The third-order valence-electron chi connectivity index (χ3n) is 1.42. The molecule has 1 N–H and O–H groups in total. The molecule has 0 aliphatic heterocycles. The molecule has 0 fully saturated rings. The summed E-state index contributed by atoms with van der Waals surface area (Å²) in [5.41, 5.74) is -1.68. The summed E-state index contributed by atoms with van der Waals surface area (Å²) in [6.45, 7) is 9.79. The van der Waals surface area contributed by atoms with E-state index in [2.05, 4.69) is 16.8 Å². The highest BCUT2D eigenvalue weighted by molar-refractivity contribution is 5.68. The smallest absolute Gasteiger partial charge is 0.307 e. The van der Waals surface area contributed by atoms with Crippen molar-refractivity contribution in [2.24, 2.45) is 10.2 Å². The average molecular weight is 250 g/mol. The first-order valence-electron chi connectivity index (χ1n) is 5.19. The highest BCUT2D eigenvalue weighted by Crippen LogP contribution is 2.13. The van der Waals surface area contributed by atoms with Crippen molar-refractivity contribution in [3.8, 4) is 12.1 Å². The van der Waals surface area contributed by atoms with Crippen molar-refractivity contribution >= 4 is 5.97 Å². The molecule has 6 nitrogen and oxygen atoms in total. The lowest BCUT2D eigenvalue weighted by Crippen LogP contribution is -2.17. The van der Waals surface area contributed by atoms with Gasteiger partial charge < -0.3 is 5.11 Å². The lowest BCUT2D eigenvalue weighted by molar-refractivity contribution is -0.135. The first kappa shape index (κ1) is 18.2. The lowest BCUT2D eigenvalue weighted by atomic mass is 10.1. The van der Waals surface area contributed by atoms with Crippen LogP contribution < -0.4 is 0 Å². The molecule has 0 saturated carbocycles. The van der Waals surface area contributed by atoms with Crippen molar-refractivity contribution in [1.82, 2.24) is 0 Å². The summed E-state index contributed by atoms with van der Waals surface area (Å²) in [6, 6.07) is 3.94. The van der Waals surface area contributed by atoms with Gasteiger partial charge in [0.25, 0.3) is 0 Å². The molecule has 0 rings (SSSR count). The van der Waals surface area contributed by atoms with Crippen LogP contribution in [0.1, 0.15) is 34.1 Å². The fraction of sp³-hybridized carbons (Fsp3) is 0.583. The fourth-order valence-corrected chi connectivity index (χ4v) is 0.418. The molecule has 0 heterocycles. The van der Waals surface area contributed by atoms with Crippen LogP contribution in [0, 0.1) is 22.7 Å². The van der Waals surface area contributed by atoms with Gasteiger partial charge in [-0.1, -0.05) is 6.08 Å². The summed E-state index contributed by atoms with van der Waals surface area (Å²) in [5, 5.41) is 32.5. The number of hydrogen-bond acceptors (Lipinski definition) is 5. The average Bonchev–Trinajstić information content (AvgIpc) is 2.28. The lowest BCUT2D eigenvalue weighted by Gasteiger charge is -2.11. The maximum atomic E-state index is 9.53. The van der Waals surface area contributed by atoms with Gasteiger partial charge in [-0.2, -0.15) is 20.8 Å². The molecule has 0 saturated heterocycles. The zero-order valence-electron chi connectivity index (χ0n) is 11.1. The number of aliphatic carboxylic acids is 1. The fourth-order valence-electron chi connectivity index (χ4n) is 0.418. The first-order chi connectivity index (χ1) is 8.10. The third-order valence-corrected chi connectivity index (χ3v) is 1.42. The van der Waals surface area contributed by atoms with Gasteiger partial charge in [0, 0.05) is 0 Å². The Labute approximate surface area is 107 Å². The van der Waals surface area contributed by atoms with Crippen LogP contribution >= 0.6 is 0 Å². The second-order valence-electron chi connectivity index (χ2n) is 4.43. The second kappa shape index (κ2) is 7.97. The van der Waals surface area contributed by atoms with E-state index in [0.29, 0.717) is 0 Å². The highest BCUT2D eigenvalue weighted by atomic mass is 16.4. The van der Waals surface area contributed by atoms with Crippen molar-refractivity contribution in [3.05, 3.63) is 12.7 Å². The molecule has 0 spiro atoms. The molecular weight excluding hydrogens is 232 g/mol. The molecule has 6 heteroatoms. The van der Waals surface area contributed by atoms with Gasteiger partial charge in [0.1, 0.15) is 0 Å². The standard InChI is InChI=1S/C8H12N4.C4H6O2/c1-7(2,5-9)11-12-8(3,4)6-10;1-2-3-4(5)6/h1-4H3;2H,1,3H2,(H,5,6). The topological polar surface area (TPSA) is 110 Å². The van der Waals surface area contributed by atoms with Crippen molar-refractivity contribution in [3.63, 3.8) is 0 Å². The Bertz CT molecular complexity index is 369. The van der Waals surface area contributed by atoms with Crippen LogP contribution in [0.15, 0.2) is 22.9 Å². The van der Waals surface area contributed by atoms with E-state index in [-0.39, 0.29) is 6.42 Å². The van der Waals surface area contributed by atoms with E-state index in [4.69, 9.17) is 15.6 Å². The van der Waals surface area contributed by atoms with E-state index >= 15 is 0 Å². The molecule has 0 aliphatic rings. The second-order valence-corrected chi connectivity index (χ2v) is 4.43. The molecule has 0 aromatic carbocycles. The van der Waals surface area contributed by atoms with Gasteiger partial charge in [0.2, 0.25) is 0 Å². The molecular formula is C12H18N4O2. The van der Waals surface area contributed by atoms with E-state index in [1.165, 1.54) is 6.08 Å². The van der Waals surface area contributed by atoms with Crippen LogP contribution in [0.5, 0.6) is 0 Å². The Hall–Kier alpha value is -2.21. The number of nitrogens with zero attached hydrogens (tertiary/aromatic N) is 4. The SMILES string of the molecule is C=CCC(=O)O.CC(C)(C#N)N=NC(C)(C)C#N. The predicted octanol–water partition coefficient (Wildman–Crippen LogP) is 2.69. The Balaban J connectivity index is 0. The largest absolute Gasteiger partial charge is 0.481 e. The first-order valence-corrected chi connectivity index (χ1v) is 5.19. The van der Waals surface area contributed by atoms with E-state index in [9.17, 15) is 4.79 Å². The van der Waals surface area contributed by atoms with Crippen LogP contribution in [0.25, 0.3) is 0 Å². The minimum atomic E-state index is -0.839. The molecule has 0 radical (unpaired) electrons. The van der Waals surface area contributed by atoms with Crippen LogP contribution in [0.3, 0.4) is 0 Å². The highest BCUT2D eigenvalue weighted by Gasteiger charge is 2.19. The minimum Gasteiger partial charge on any atom is -0.481 e. The van der Waals surface area contributed by atoms with Gasteiger partial charge in [-0.3, -0.25) is 4.79 Å². The Morgan fingerprint density at radius 2 is 1.56 bits per heavy atom. The summed E-state index contributed by atoms with van der Waals surface area (Å²) in [4.78, 5) is 9.53. The number of hydrogen-bond donors (Lipinski definition) is 1. The molecule has 0 bridgehead atoms. The summed E-state index contributed by atoms with van der Waals surface area (Å²) < 4.78 is 0. The zero-order valence-corrected chi connectivity index (χ0v) is 11.1. The Kier molecular flexibility index (Phi) is 8.04. The van der Waals surface area contributed by atoms with Crippen LogP contribution in [-0.4, -0.2) is 22.2 Å². The van der Waals surface area contributed by atoms with Gasteiger partial charge in [-0.25, -0.2) is 0 Å². The molecule has 0 aromatic heterocycles.